The first-order valence-corrected chi connectivity index (χ1v) is 8.82. The van der Waals surface area contributed by atoms with E-state index >= 15 is 0 Å². The van der Waals surface area contributed by atoms with Crippen molar-refractivity contribution in [3.63, 3.8) is 0 Å². The monoisotopic (exact) mass is 361 g/mol. The summed E-state index contributed by atoms with van der Waals surface area (Å²) in [6.07, 6.45) is 1.39. The van der Waals surface area contributed by atoms with Crippen molar-refractivity contribution < 1.29 is 9.00 Å². The van der Waals surface area contributed by atoms with Crippen molar-refractivity contribution >= 4 is 50.4 Å². The Balaban J connectivity index is 2.43. The van der Waals surface area contributed by atoms with E-state index in [2.05, 4.69) is 4.36 Å². The third-order valence-corrected chi connectivity index (χ3v) is 5.13. The zero-order chi connectivity index (χ0) is 15.6. The van der Waals surface area contributed by atoms with Gasteiger partial charge in [-0.3, -0.25) is 4.79 Å². The predicted molar refractivity (Wildman–Crippen MR) is 87.0 cm³/mol. The highest BCUT2D eigenvalue weighted by Crippen LogP contribution is 2.23. The summed E-state index contributed by atoms with van der Waals surface area (Å²) in [5, 5.41) is 1.09. The van der Waals surface area contributed by atoms with Crippen LogP contribution in [0.4, 0.5) is 0 Å². The highest BCUT2D eigenvalue weighted by atomic mass is 35.5. The molecule has 0 saturated heterocycles. The van der Waals surface area contributed by atoms with Gasteiger partial charge < -0.3 is 0 Å². The minimum atomic E-state index is -2.88. The Bertz CT molecular complexity index is 809. The molecule has 2 aromatic carbocycles. The van der Waals surface area contributed by atoms with Crippen LogP contribution in [0, 0.1) is 0 Å². The Kier molecular flexibility index (Phi) is 4.94. The molecule has 0 aromatic heterocycles. The van der Waals surface area contributed by atoms with Crippen LogP contribution < -0.4 is 0 Å². The van der Waals surface area contributed by atoms with Gasteiger partial charge in [-0.2, -0.15) is 4.36 Å². The molecule has 21 heavy (non-hydrogen) atoms. The van der Waals surface area contributed by atoms with Crippen LogP contribution in [-0.4, -0.2) is 16.4 Å². The lowest BCUT2D eigenvalue weighted by Gasteiger charge is -2.05. The summed E-state index contributed by atoms with van der Waals surface area (Å²) < 4.78 is 16.3. The second-order valence-corrected chi connectivity index (χ2v) is 7.82. The lowest BCUT2D eigenvalue weighted by Crippen LogP contribution is -2.04. The van der Waals surface area contributed by atoms with Gasteiger partial charge in [0.2, 0.25) is 0 Å². The normalized spacial score (nSPS) is 13.5. The number of benzene rings is 2. The first kappa shape index (κ1) is 16.3. The summed E-state index contributed by atoms with van der Waals surface area (Å²) in [5.74, 6) is -0.654. The van der Waals surface area contributed by atoms with E-state index in [-0.39, 0.29) is 10.6 Å². The van der Waals surface area contributed by atoms with Crippen LogP contribution in [0.15, 0.2) is 51.7 Å². The van der Waals surface area contributed by atoms with Crippen LogP contribution in [0.25, 0.3) is 0 Å². The smallest absolute Gasteiger partial charge is 0.266 e. The summed E-state index contributed by atoms with van der Waals surface area (Å²) >= 11 is 17.5. The molecule has 0 fully saturated rings. The van der Waals surface area contributed by atoms with E-state index in [1.165, 1.54) is 24.5 Å². The van der Waals surface area contributed by atoms with Crippen molar-refractivity contribution in [3.05, 3.63) is 63.1 Å². The van der Waals surface area contributed by atoms with Gasteiger partial charge in [-0.05, 0) is 42.5 Å². The van der Waals surface area contributed by atoms with Gasteiger partial charge in [0.1, 0.15) is 0 Å². The lowest BCUT2D eigenvalue weighted by atomic mass is 10.2. The average molecular weight is 363 g/mol. The quantitative estimate of drug-likeness (QED) is 0.759. The minimum Gasteiger partial charge on any atom is -0.266 e. The molecule has 0 spiro atoms. The Labute approximate surface area is 138 Å². The van der Waals surface area contributed by atoms with Gasteiger partial charge in [0.25, 0.3) is 5.91 Å². The number of rotatable bonds is 2. The van der Waals surface area contributed by atoms with E-state index in [4.69, 9.17) is 34.8 Å². The number of carbonyl (C=O) groups excluding carboxylic acids is 1. The fourth-order valence-electron chi connectivity index (χ4n) is 1.61. The molecule has 1 amide bonds. The van der Waals surface area contributed by atoms with Crippen molar-refractivity contribution in [2.75, 3.05) is 6.26 Å². The molecule has 0 aliphatic heterocycles. The Morgan fingerprint density at radius 2 is 1.57 bits per heavy atom. The average Bonchev–Trinajstić information content (AvgIpc) is 2.38. The van der Waals surface area contributed by atoms with Crippen molar-refractivity contribution in [2.24, 2.45) is 4.36 Å². The fraction of sp³-hybridized carbons (Fsp3) is 0.0714. The Hall–Kier alpha value is -1.07. The molecule has 3 nitrogen and oxygen atoms in total. The van der Waals surface area contributed by atoms with E-state index in [9.17, 15) is 9.00 Å². The first-order valence-electron chi connectivity index (χ1n) is 5.77. The fourth-order valence-corrected chi connectivity index (χ4v) is 3.39. The molecule has 0 bridgehead atoms. The maximum Gasteiger partial charge on any atom is 0.286 e. The number of hydrogen-bond donors (Lipinski definition) is 0. The number of halogens is 3. The van der Waals surface area contributed by atoms with Crippen LogP contribution in [0.3, 0.4) is 0 Å². The van der Waals surface area contributed by atoms with Crippen molar-refractivity contribution in [3.8, 4) is 0 Å². The summed E-state index contributed by atoms with van der Waals surface area (Å²) in [6, 6.07) is 10.7. The summed E-state index contributed by atoms with van der Waals surface area (Å²) in [4.78, 5) is 12.6. The van der Waals surface area contributed by atoms with Gasteiger partial charge in [0.15, 0.2) is 0 Å². The predicted octanol–water partition coefficient (Wildman–Crippen LogP) is 4.94. The van der Waals surface area contributed by atoms with Crippen LogP contribution >= 0.6 is 34.8 Å². The molecule has 2 rings (SSSR count). The van der Waals surface area contributed by atoms with Crippen LogP contribution in [0.2, 0.25) is 15.1 Å². The highest BCUT2D eigenvalue weighted by molar-refractivity contribution is 7.93. The van der Waals surface area contributed by atoms with Gasteiger partial charge in [0, 0.05) is 21.2 Å². The van der Waals surface area contributed by atoms with Crippen LogP contribution in [-0.2, 0) is 9.73 Å². The zero-order valence-electron chi connectivity index (χ0n) is 10.8. The minimum absolute atomic E-state index is 0.157. The second kappa shape index (κ2) is 6.36. The van der Waals surface area contributed by atoms with Crippen molar-refractivity contribution in [1.29, 1.82) is 0 Å². The van der Waals surface area contributed by atoms with Gasteiger partial charge in [-0.15, -0.1) is 0 Å². The molecule has 2 aromatic rings. The SMILES string of the molecule is C[S@@](=O)(=NC(=O)c1ccc(Cl)cc1Cl)c1ccc(Cl)cc1. The molecule has 0 radical (unpaired) electrons. The topological polar surface area (TPSA) is 46.5 Å². The second-order valence-electron chi connectivity index (χ2n) is 4.28. The largest absolute Gasteiger partial charge is 0.286 e. The van der Waals surface area contributed by atoms with Gasteiger partial charge in [-0.1, -0.05) is 34.8 Å². The molecule has 110 valence electrons. The molecule has 0 aliphatic rings. The van der Waals surface area contributed by atoms with E-state index in [1.54, 1.807) is 24.3 Å². The maximum atomic E-state index is 12.6. The first-order chi connectivity index (χ1) is 9.79. The third-order valence-electron chi connectivity index (χ3n) is 2.67. The van der Waals surface area contributed by atoms with Gasteiger partial charge >= 0.3 is 0 Å². The number of hydrogen-bond acceptors (Lipinski definition) is 2. The molecule has 0 unspecified atom stereocenters. The Morgan fingerprint density at radius 1 is 1.00 bits per heavy atom. The van der Waals surface area contributed by atoms with Crippen molar-refractivity contribution in [2.45, 2.75) is 4.90 Å². The number of amides is 1. The van der Waals surface area contributed by atoms with E-state index in [1.807, 2.05) is 0 Å². The van der Waals surface area contributed by atoms with Crippen molar-refractivity contribution in [1.82, 2.24) is 0 Å². The molecule has 7 heteroatoms. The van der Waals surface area contributed by atoms with Crippen LogP contribution in [0.5, 0.6) is 0 Å². The summed E-state index contributed by atoms with van der Waals surface area (Å²) in [7, 11) is -2.88. The van der Waals surface area contributed by atoms with Crippen LogP contribution in [0.1, 0.15) is 10.4 Å². The molecule has 0 heterocycles. The lowest BCUT2D eigenvalue weighted by molar-refractivity contribution is 0.100. The van der Waals surface area contributed by atoms with Gasteiger partial charge in [-0.25, -0.2) is 4.21 Å². The van der Waals surface area contributed by atoms with Gasteiger partial charge in [0.05, 0.1) is 20.3 Å². The van der Waals surface area contributed by atoms with E-state index in [0.29, 0.717) is 14.9 Å². The van der Waals surface area contributed by atoms with E-state index < -0.39 is 15.6 Å². The molecule has 1 atom stereocenters. The summed E-state index contributed by atoms with van der Waals surface area (Å²) in [5.41, 5.74) is 0.157. The van der Waals surface area contributed by atoms with E-state index in [0.717, 1.165) is 0 Å². The highest BCUT2D eigenvalue weighted by Gasteiger charge is 2.14. The standard InChI is InChI=1S/C14H10Cl3NO2S/c1-21(20,11-5-2-9(15)3-6-11)18-14(19)12-7-4-10(16)8-13(12)17/h2-8H,1H3/t21-/m0/s1. The summed E-state index contributed by atoms with van der Waals surface area (Å²) in [6.45, 7) is 0. The number of carbonyl (C=O) groups is 1. The zero-order valence-corrected chi connectivity index (χ0v) is 13.9. The molecule has 0 saturated carbocycles. The Morgan fingerprint density at radius 3 is 2.14 bits per heavy atom. The third kappa shape index (κ3) is 3.98. The molecule has 0 N–H and O–H groups in total. The maximum absolute atomic E-state index is 12.6. The molecular weight excluding hydrogens is 353 g/mol. The number of nitrogens with zero attached hydrogens (tertiary/aromatic N) is 1. The molecular formula is C14H10Cl3NO2S. The molecule has 0 aliphatic carbocycles.